The average molecular weight is 1100 g/mol. The van der Waals surface area contributed by atoms with E-state index in [2.05, 4.69) is 155 Å². The van der Waals surface area contributed by atoms with Crippen molar-refractivity contribution in [2.24, 2.45) is 9.98 Å². The first-order valence-electron chi connectivity index (χ1n) is 34.4. The second kappa shape index (κ2) is 52.8. The second-order valence-corrected chi connectivity index (χ2v) is 23.6. The summed E-state index contributed by atoms with van der Waals surface area (Å²) in [7, 11) is 0. The minimum Gasteiger partial charge on any atom is -0.385 e. The molecular formula is C72H126N8+2. The van der Waals surface area contributed by atoms with Crippen LogP contribution >= 0.6 is 0 Å². The van der Waals surface area contributed by atoms with Crippen molar-refractivity contribution in [3.05, 3.63) is 109 Å². The molecule has 0 saturated carbocycles. The Bertz CT molecular complexity index is 1880. The summed E-state index contributed by atoms with van der Waals surface area (Å²) in [6, 6.07) is 17.6. The Kier molecular flexibility index (Phi) is 46.3. The summed E-state index contributed by atoms with van der Waals surface area (Å²) >= 11 is 0. The molecule has 0 unspecified atom stereocenters. The van der Waals surface area contributed by atoms with Crippen LogP contribution in [0.2, 0.25) is 0 Å². The summed E-state index contributed by atoms with van der Waals surface area (Å²) in [5.41, 5.74) is 2.52. The third-order valence-electron chi connectivity index (χ3n) is 16.0. The highest BCUT2D eigenvalue weighted by Gasteiger charge is 2.04. The van der Waals surface area contributed by atoms with E-state index in [1.54, 1.807) is 0 Å². The smallest absolute Gasteiger partial charge is 0.170 e. The summed E-state index contributed by atoms with van der Waals surface area (Å²) in [5, 5.41) is 9.42. The Morgan fingerprint density at radius 1 is 0.300 bits per heavy atom. The zero-order valence-electron chi connectivity index (χ0n) is 52.9. The molecule has 8 nitrogen and oxygen atoms in total. The molecule has 0 aliphatic carbocycles. The van der Waals surface area contributed by atoms with E-state index >= 15 is 0 Å². The van der Waals surface area contributed by atoms with Gasteiger partial charge >= 0.3 is 0 Å². The molecule has 0 bridgehead atoms. The highest BCUT2D eigenvalue weighted by molar-refractivity contribution is 5.40. The fraction of sp³-hybridized carbons (Fsp3) is 0.722. The minimum absolute atomic E-state index is 0.970. The Morgan fingerprint density at radius 3 is 0.875 bits per heavy atom. The molecule has 0 aromatic carbocycles. The monoisotopic (exact) mass is 1100 g/mol. The first-order valence-corrected chi connectivity index (χ1v) is 34.4. The number of anilines is 2. The summed E-state index contributed by atoms with van der Waals surface area (Å²) in [5.74, 6) is 0. The molecule has 2 N–H and O–H groups in total. The lowest BCUT2D eigenvalue weighted by molar-refractivity contribution is -0.697. The van der Waals surface area contributed by atoms with Crippen molar-refractivity contribution >= 4 is 11.4 Å². The van der Waals surface area contributed by atoms with E-state index < -0.39 is 0 Å². The van der Waals surface area contributed by atoms with Crippen LogP contribution in [0.3, 0.4) is 0 Å². The van der Waals surface area contributed by atoms with Crippen LogP contribution in [-0.4, -0.2) is 35.3 Å². The third-order valence-corrected chi connectivity index (χ3v) is 16.0. The number of rotatable bonds is 52. The zero-order valence-corrected chi connectivity index (χ0v) is 52.9. The van der Waals surface area contributed by atoms with Crippen molar-refractivity contribution in [2.75, 3.05) is 36.8 Å². The molecule has 4 aromatic rings. The molecule has 4 aromatic heterocycles. The molecule has 4 rings (SSSR count). The number of aromatic nitrogens is 4. The predicted molar refractivity (Wildman–Crippen MR) is 347 cm³/mol. The van der Waals surface area contributed by atoms with Gasteiger partial charge in [0.15, 0.2) is 24.8 Å². The van der Waals surface area contributed by atoms with Crippen LogP contribution in [0.5, 0.6) is 0 Å². The van der Waals surface area contributed by atoms with Crippen molar-refractivity contribution in [3.8, 4) is 0 Å². The van der Waals surface area contributed by atoms with Crippen LogP contribution in [-0.2, 0) is 26.2 Å². The Morgan fingerprint density at radius 2 is 0.562 bits per heavy atom. The first-order chi connectivity index (χ1) is 39.6. The molecule has 0 spiro atoms. The molecule has 8 heteroatoms. The van der Waals surface area contributed by atoms with Crippen LogP contribution in [0.15, 0.2) is 108 Å². The van der Waals surface area contributed by atoms with Gasteiger partial charge in [0.1, 0.15) is 13.1 Å². The quantitative estimate of drug-likeness (QED) is 0.0342. The van der Waals surface area contributed by atoms with E-state index in [9.17, 15) is 0 Å². The summed E-state index contributed by atoms with van der Waals surface area (Å²) in [6.07, 6.45) is 71.5. The van der Waals surface area contributed by atoms with Gasteiger partial charge < -0.3 is 19.8 Å². The number of nitrogens with zero attached hydrogens (tertiary/aromatic N) is 6. The number of unbranched alkanes of at least 4 members (excludes halogenated alkanes) is 34. The predicted octanol–water partition coefficient (Wildman–Crippen LogP) is 19.3. The van der Waals surface area contributed by atoms with Gasteiger partial charge in [0, 0.05) is 113 Å². The summed E-state index contributed by atoms with van der Waals surface area (Å²) in [4.78, 5) is 9.48. The van der Waals surface area contributed by atoms with Gasteiger partial charge in [0.25, 0.3) is 0 Å². The third kappa shape index (κ3) is 40.9. The molecular weight excluding hydrogens is 977 g/mol. The van der Waals surface area contributed by atoms with Crippen LogP contribution in [0.1, 0.15) is 285 Å². The van der Waals surface area contributed by atoms with Crippen LogP contribution in [0, 0.1) is 0 Å². The van der Waals surface area contributed by atoms with E-state index in [0.717, 1.165) is 63.1 Å². The first kappa shape index (κ1) is 70.1. The molecule has 0 fully saturated rings. The van der Waals surface area contributed by atoms with Gasteiger partial charge in [-0.3, -0.25) is 9.98 Å². The molecule has 0 saturated heterocycles. The Balaban J connectivity index is 0.000000420. The lowest BCUT2D eigenvalue weighted by atomic mass is 10.1. The topological polar surface area (TPSA) is 66.4 Å². The van der Waals surface area contributed by atoms with Crippen molar-refractivity contribution in [1.82, 2.24) is 9.13 Å². The van der Waals surface area contributed by atoms with Crippen molar-refractivity contribution in [3.63, 3.8) is 0 Å². The van der Waals surface area contributed by atoms with Crippen LogP contribution < -0.4 is 30.5 Å². The van der Waals surface area contributed by atoms with Gasteiger partial charge in [-0.15, -0.1) is 0 Å². The maximum absolute atomic E-state index is 4.74. The van der Waals surface area contributed by atoms with E-state index in [0.29, 0.717) is 0 Å². The lowest BCUT2D eigenvalue weighted by Gasteiger charge is -2.07. The number of aryl methyl sites for hydroxylation is 4. The van der Waals surface area contributed by atoms with Gasteiger partial charge in [-0.05, 0) is 75.6 Å². The molecule has 0 aliphatic heterocycles. The molecule has 452 valence electrons. The van der Waals surface area contributed by atoms with Gasteiger partial charge in [-0.25, -0.2) is 9.13 Å². The fourth-order valence-electron chi connectivity index (χ4n) is 10.6. The summed E-state index contributed by atoms with van der Waals surface area (Å²) < 4.78 is 9.31. The molecule has 0 radical (unpaired) electrons. The fourth-order valence-corrected chi connectivity index (χ4v) is 10.6. The number of pyridine rings is 4. The largest absolute Gasteiger partial charge is 0.385 e. The van der Waals surface area contributed by atoms with Crippen molar-refractivity contribution < 1.29 is 9.13 Å². The molecule has 0 aliphatic rings. The molecule has 0 amide bonds. The van der Waals surface area contributed by atoms with Gasteiger partial charge in [0.2, 0.25) is 0 Å². The van der Waals surface area contributed by atoms with Gasteiger partial charge in [-0.1, -0.05) is 220 Å². The molecule has 80 heavy (non-hydrogen) atoms. The van der Waals surface area contributed by atoms with E-state index in [-0.39, 0.29) is 0 Å². The lowest BCUT2D eigenvalue weighted by Crippen LogP contribution is -2.32. The highest BCUT2D eigenvalue weighted by Crippen LogP contribution is 2.14. The van der Waals surface area contributed by atoms with Crippen molar-refractivity contribution in [2.45, 2.75) is 311 Å². The minimum atomic E-state index is 0.970. The SMILES string of the molecule is CCCCCCCCN=c1ccn(CCCCCCCCCCn2ccc(=NCCCCCCCC)cc2)cc1.CCCCCCCCNc1cc[n+](CCCCCCCCCC[n+]2ccc(NCCCCCCCC)cc2)cc1. The van der Waals surface area contributed by atoms with Gasteiger partial charge in [-0.2, -0.15) is 0 Å². The van der Waals surface area contributed by atoms with Gasteiger partial charge in [0.05, 0.1) is 10.7 Å². The maximum atomic E-state index is 4.74. The highest BCUT2D eigenvalue weighted by atomic mass is 15.0. The standard InChI is InChI=1S/2C36H62N4/c2*1-3-5-7-9-15-19-27-37-35-23-31-39(32-24-35)29-21-17-13-11-12-14-18-22-30-40-33-25-36(26-34-40)38-28-20-16-10-8-6-4-2/h2*23-26,31-34H,3-22,27-30H2,1-2H3/p+2. The van der Waals surface area contributed by atoms with Crippen LogP contribution in [0.25, 0.3) is 0 Å². The van der Waals surface area contributed by atoms with E-state index in [1.165, 1.54) is 268 Å². The molecule has 0 atom stereocenters. The number of hydrogen-bond donors (Lipinski definition) is 2. The average Bonchev–Trinajstić information content (AvgIpc) is 3.48. The summed E-state index contributed by atoms with van der Waals surface area (Å²) in [6.45, 7) is 17.8. The van der Waals surface area contributed by atoms with E-state index in [4.69, 9.17) is 9.98 Å². The van der Waals surface area contributed by atoms with Crippen LogP contribution in [0.4, 0.5) is 11.4 Å². The zero-order chi connectivity index (χ0) is 56.7. The Labute approximate surface area is 493 Å². The second-order valence-electron chi connectivity index (χ2n) is 23.6. The number of nitrogens with one attached hydrogen (secondary N) is 2. The number of hydrogen-bond acceptors (Lipinski definition) is 4. The van der Waals surface area contributed by atoms with E-state index in [1.807, 2.05) is 0 Å². The van der Waals surface area contributed by atoms with Crippen molar-refractivity contribution in [1.29, 1.82) is 0 Å². The normalized spacial score (nSPS) is 11.2. The molecule has 4 heterocycles. The Hall–Kier alpha value is -4.20. The maximum Gasteiger partial charge on any atom is 0.170 e.